The number of rotatable bonds is 3. The Labute approximate surface area is 165 Å². The number of carbonyl (C=O) groups excluding carboxylic acids is 1. The molecule has 0 aliphatic carbocycles. The second kappa shape index (κ2) is 7.63. The number of phenols is 1. The minimum Gasteiger partial charge on any atom is -0.504 e. The van der Waals surface area contributed by atoms with Crippen molar-refractivity contribution in [1.29, 1.82) is 0 Å². The number of carbonyl (C=O) groups is 1. The molecule has 0 saturated carbocycles. The topological polar surface area (TPSA) is 70.9 Å². The van der Waals surface area contributed by atoms with Crippen molar-refractivity contribution < 1.29 is 14.6 Å². The van der Waals surface area contributed by atoms with Crippen LogP contribution in [0, 0.1) is 0 Å². The number of benzene rings is 2. The lowest BCUT2D eigenvalue weighted by atomic mass is 10.1. The van der Waals surface area contributed by atoms with Crippen molar-refractivity contribution in [2.45, 2.75) is 0 Å². The average Bonchev–Trinajstić information content (AvgIpc) is 2.90. The molecule has 2 aromatic rings. The van der Waals surface area contributed by atoms with Crippen LogP contribution in [0.3, 0.4) is 0 Å². The van der Waals surface area contributed by atoms with Crippen LogP contribution in [0.1, 0.15) is 5.56 Å². The molecule has 0 spiro atoms. The molecule has 2 aromatic carbocycles. The maximum Gasteiger partial charge on any atom is 0.264 e. The standard InChI is InChI=1S/C17H12Br2N2O3S/c1-24-13-8-11(19)5-9(15(13)22)6-14-16(23)21-17(25-14)20-12-4-2-3-10(18)7-12/h2-8,22H,1H3,(H,20,21,23). The summed E-state index contributed by atoms with van der Waals surface area (Å²) in [6, 6.07) is 10.8. The van der Waals surface area contributed by atoms with E-state index in [1.165, 1.54) is 18.9 Å². The SMILES string of the molecule is COc1cc(Br)cc(C=C2SC(=Nc3cccc(Br)c3)NC2=O)c1O. The van der Waals surface area contributed by atoms with Crippen molar-refractivity contribution in [3.63, 3.8) is 0 Å². The zero-order valence-electron chi connectivity index (χ0n) is 12.9. The number of thioether (sulfide) groups is 1. The quantitative estimate of drug-likeness (QED) is 0.614. The van der Waals surface area contributed by atoms with Crippen molar-refractivity contribution in [3.05, 3.63) is 55.8 Å². The molecule has 0 radical (unpaired) electrons. The summed E-state index contributed by atoms with van der Waals surface area (Å²) in [7, 11) is 1.47. The van der Waals surface area contributed by atoms with Crippen molar-refractivity contribution in [1.82, 2.24) is 5.32 Å². The van der Waals surface area contributed by atoms with Gasteiger partial charge in [-0.25, -0.2) is 4.99 Å². The Morgan fingerprint density at radius 2 is 2.04 bits per heavy atom. The fourth-order valence-electron chi connectivity index (χ4n) is 2.14. The summed E-state index contributed by atoms with van der Waals surface area (Å²) in [5.74, 6) is 0.0359. The Balaban J connectivity index is 1.91. The molecule has 0 aromatic heterocycles. The zero-order chi connectivity index (χ0) is 18.0. The van der Waals surface area contributed by atoms with Crippen LogP contribution in [-0.4, -0.2) is 23.3 Å². The van der Waals surface area contributed by atoms with E-state index in [0.29, 0.717) is 21.4 Å². The van der Waals surface area contributed by atoms with E-state index in [0.717, 1.165) is 14.6 Å². The molecule has 1 aliphatic rings. The lowest BCUT2D eigenvalue weighted by Crippen LogP contribution is -2.19. The van der Waals surface area contributed by atoms with Gasteiger partial charge in [0.15, 0.2) is 16.7 Å². The van der Waals surface area contributed by atoms with E-state index < -0.39 is 0 Å². The van der Waals surface area contributed by atoms with Gasteiger partial charge in [0.1, 0.15) is 0 Å². The van der Waals surface area contributed by atoms with Crippen molar-refractivity contribution >= 4 is 66.5 Å². The van der Waals surface area contributed by atoms with Crippen LogP contribution in [0.15, 0.2) is 55.2 Å². The van der Waals surface area contributed by atoms with Gasteiger partial charge in [0.2, 0.25) is 0 Å². The molecule has 1 amide bonds. The second-order valence-corrected chi connectivity index (χ2v) is 7.87. The minimum atomic E-state index is -0.267. The normalized spacial score (nSPS) is 17.2. The molecule has 128 valence electrons. The molecule has 0 unspecified atom stereocenters. The molecular weight excluding hydrogens is 472 g/mol. The van der Waals surface area contributed by atoms with Crippen molar-refractivity contribution in [3.8, 4) is 11.5 Å². The van der Waals surface area contributed by atoms with Gasteiger partial charge in [-0.2, -0.15) is 0 Å². The van der Waals surface area contributed by atoms with Gasteiger partial charge in [-0.1, -0.05) is 37.9 Å². The number of aromatic hydroxyl groups is 1. The third-order valence-corrected chi connectivity index (χ3v) is 5.13. The molecule has 1 saturated heterocycles. The monoisotopic (exact) mass is 482 g/mol. The first-order chi connectivity index (χ1) is 12.0. The smallest absolute Gasteiger partial charge is 0.264 e. The fourth-order valence-corrected chi connectivity index (χ4v) is 3.82. The largest absolute Gasteiger partial charge is 0.504 e. The zero-order valence-corrected chi connectivity index (χ0v) is 16.9. The molecule has 1 fully saturated rings. The van der Waals surface area contributed by atoms with E-state index in [2.05, 4.69) is 42.2 Å². The van der Waals surface area contributed by atoms with Crippen molar-refractivity contribution in [2.75, 3.05) is 7.11 Å². The number of nitrogens with zero attached hydrogens (tertiary/aromatic N) is 1. The van der Waals surface area contributed by atoms with Gasteiger partial charge in [-0.3, -0.25) is 4.79 Å². The van der Waals surface area contributed by atoms with E-state index in [1.807, 2.05) is 24.3 Å². The maximum atomic E-state index is 12.2. The van der Waals surface area contributed by atoms with E-state index in [-0.39, 0.29) is 11.7 Å². The first-order valence-electron chi connectivity index (χ1n) is 7.08. The van der Waals surface area contributed by atoms with Gasteiger partial charge in [0, 0.05) is 14.5 Å². The highest BCUT2D eigenvalue weighted by Crippen LogP contribution is 2.37. The van der Waals surface area contributed by atoms with Gasteiger partial charge in [-0.05, 0) is 48.2 Å². The van der Waals surface area contributed by atoms with E-state index in [4.69, 9.17) is 4.74 Å². The number of nitrogens with one attached hydrogen (secondary N) is 1. The summed E-state index contributed by atoms with van der Waals surface area (Å²) in [6.45, 7) is 0. The Morgan fingerprint density at radius 1 is 1.24 bits per heavy atom. The van der Waals surface area contributed by atoms with Gasteiger partial charge >= 0.3 is 0 Å². The van der Waals surface area contributed by atoms with Gasteiger partial charge < -0.3 is 15.2 Å². The first kappa shape index (κ1) is 18.0. The lowest BCUT2D eigenvalue weighted by Gasteiger charge is -2.07. The van der Waals surface area contributed by atoms with Gasteiger partial charge in [-0.15, -0.1) is 0 Å². The van der Waals surface area contributed by atoms with Crippen LogP contribution < -0.4 is 10.1 Å². The number of ether oxygens (including phenoxy) is 1. The number of halogens is 2. The average molecular weight is 484 g/mol. The van der Waals surface area contributed by atoms with E-state index in [1.54, 1.807) is 18.2 Å². The van der Waals surface area contributed by atoms with Crippen LogP contribution in [0.25, 0.3) is 6.08 Å². The van der Waals surface area contributed by atoms with E-state index >= 15 is 0 Å². The summed E-state index contributed by atoms with van der Waals surface area (Å²) in [5, 5.41) is 13.4. The predicted octanol–water partition coefficient (Wildman–Crippen LogP) is 4.82. The third kappa shape index (κ3) is 4.26. The van der Waals surface area contributed by atoms with Gasteiger partial charge in [0.25, 0.3) is 5.91 Å². The predicted molar refractivity (Wildman–Crippen MR) is 107 cm³/mol. The molecule has 2 N–H and O–H groups in total. The number of phenolic OH excluding ortho intramolecular Hbond substituents is 1. The maximum absolute atomic E-state index is 12.2. The Bertz CT molecular complexity index is 913. The molecule has 8 heteroatoms. The molecule has 5 nitrogen and oxygen atoms in total. The summed E-state index contributed by atoms with van der Waals surface area (Å²) in [6.07, 6.45) is 1.60. The van der Waals surface area contributed by atoms with Crippen LogP contribution in [-0.2, 0) is 4.79 Å². The number of amides is 1. The highest BCUT2D eigenvalue weighted by atomic mass is 79.9. The molecule has 0 atom stereocenters. The van der Waals surface area contributed by atoms with Crippen LogP contribution in [0.5, 0.6) is 11.5 Å². The van der Waals surface area contributed by atoms with E-state index in [9.17, 15) is 9.90 Å². The number of hydrogen-bond donors (Lipinski definition) is 2. The van der Waals surface area contributed by atoms with Crippen LogP contribution in [0.2, 0.25) is 0 Å². The van der Waals surface area contributed by atoms with Crippen molar-refractivity contribution in [2.24, 2.45) is 4.99 Å². The Morgan fingerprint density at radius 3 is 2.76 bits per heavy atom. The first-order valence-corrected chi connectivity index (χ1v) is 9.48. The molecule has 25 heavy (non-hydrogen) atoms. The summed E-state index contributed by atoms with van der Waals surface area (Å²) < 4.78 is 6.77. The lowest BCUT2D eigenvalue weighted by molar-refractivity contribution is -0.115. The second-order valence-electron chi connectivity index (χ2n) is 5.01. The molecule has 3 rings (SSSR count). The fraction of sp³-hybridized carbons (Fsp3) is 0.0588. The molecule has 0 bridgehead atoms. The number of methoxy groups -OCH3 is 1. The molecular formula is C17H12Br2N2O3S. The van der Waals surface area contributed by atoms with Crippen LogP contribution in [0.4, 0.5) is 5.69 Å². The van der Waals surface area contributed by atoms with Gasteiger partial charge in [0.05, 0.1) is 17.7 Å². The highest BCUT2D eigenvalue weighted by Gasteiger charge is 2.24. The van der Waals surface area contributed by atoms with Crippen LogP contribution >= 0.6 is 43.6 Å². The minimum absolute atomic E-state index is 0.0241. The Hall–Kier alpha value is -1.77. The summed E-state index contributed by atoms with van der Waals surface area (Å²) in [4.78, 5) is 17.0. The Kier molecular flexibility index (Phi) is 5.51. The summed E-state index contributed by atoms with van der Waals surface area (Å²) in [5.41, 5.74) is 1.21. The number of hydrogen-bond acceptors (Lipinski definition) is 5. The number of amidine groups is 1. The third-order valence-electron chi connectivity index (χ3n) is 3.27. The highest BCUT2D eigenvalue weighted by molar-refractivity contribution is 9.10. The summed E-state index contributed by atoms with van der Waals surface area (Å²) >= 11 is 7.96. The molecule has 1 aliphatic heterocycles. The molecule has 1 heterocycles. The number of aliphatic imine (C=N–C) groups is 1.